The summed E-state index contributed by atoms with van der Waals surface area (Å²) in [5.41, 5.74) is 10.2. The first-order valence-corrected chi connectivity index (χ1v) is 6.67. The molecule has 1 amide bonds. The summed E-state index contributed by atoms with van der Waals surface area (Å²) in [4.78, 5) is 23.5. The maximum Gasteiger partial charge on any atom is 0.221 e. The van der Waals surface area contributed by atoms with Gasteiger partial charge in [-0.2, -0.15) is 0 Å². The fourth-order valence-corrected chi connectivity index (χ4v) is 2.18. The second kappa shape index (κ2) is 5.79. The summed E-state index contributed by atoms with van der Waals surface area (Å²) < 4.78 is 0. The third-order valence-electron chi connectivity index (χ3n) is 3.33. The van der Waals surface area contributed by atoms with E-state index in [0.717, 1.165) is 11.1 Å². The van der Waals surface area contributed by atoms with Gasteiger partial charge in [0.25, 0.3) is 0 Å². The molecule has 0 heterocycles. The highest BCUT2D eigenvalue weighted by molar-refractivity contribution is 6.10. The number of nitrogens with two attached hydrogens (primary N) is 1. The maximum absolute atomic E-state index is 12.5. The van der Waals surface area contributed by atoms with Gasteiger partial charge in [0, 0.05) is 29.4 Å². The summed E-state index contributed by atoms with van der Waals surface area (Å²) in [6.07, 6.45) is 0. The Labute approximate surface area is 124 Å². The summed E-state index contributed by atoms with van der Waals surface area (Å²) in [5, 5.41) is 2.67. The zero-order valence-corrected chi connectivity index (χ0v) is 12.4. The van der Waals surface area contributed by atoms with E-state index in [-0.39, 0.29) is 11.7 Å². The summed E-state index contributed by atoms with van der Waals surface area (Å²) in [5.74, 6) is -0.218. The SMILES string of the molecule is CC(=O)Nc1ccc(C(=O)c2cc(N)c(C)cc2C)cc1. The number of benzene rings is 2. The van der Waals surface area contributed by atoms with Gasteiger partial charge in [-0.3, -0.25) is 9.59 Å². The Morgan fingerprint density at radius 2 is 1.62 bits per heavy atom. The summed E-state index contributed by atoms with van der Waals surface area (Å²) in [6, 6.07) is 10.4. The molecule has 0 saturated heterocycles. The molecule has 0 radical (unpaired) electrons. The minimum Gasteiger partial charge on any atom is -0.398 e. The lowest BCUT2D eigenvalue weighted by Gasteiger charge is -2.09. The van der Waals surface area contributed by atoms with E-state index in [1.165, 1.54) is 6.92 Å². The molecular weight excluding hydrogens is 264 g/mol. The Hall–Kier alpha value is -2.62. The van der Waals surface area contributed by atoms with E-state index < -0.39 is 0 Å². The molecule has 0 saturated carbocycles. The molecule has 4 nitrogen and oxygen atoms in total. The smallest absolute Gasteiger partial charge is 0.221 e. The highest BCUT2D eigenvalue weighted by Crippen LogP contribution is 2.21. The van der Waals surface area contributed by atoms with Crippen LogP contribution in [-0.2, 0) is 4.79 Å². The second-order valence-corrected chi connectivity index (χ2v) is 5.11. The zero-order valence-electron chi connectivity index (χ0n) is 12.4. The highest BCUT2D eigenvalue weighted by Gasteiger charge is 2.13. The number of anilines is 2. The van der Waals surface area contributed by atoms with Crippen molar-refractivity contribution in [3.63, 3.8) is 0 Å². The van der Waals surface area contributed by atoms with Gasteiger partial charge in [-0.15, -0.1) is 0 Å². The lowest BCUT2D eigenvalue weighted by Crippen LogP contribution is -2.08. The summed E-state index contributed by atoms with van der Waals surface area (Å²) in [6.45, 7) is 5.25. The van der Waals surface area contributed by atoms with E-state index in [9.17, 15) is 9.59 Å². The van der Waals surface area contributed by atoms with E-state index in [2.05, 4.69) is 5.32 Å². The lowest BCUT2D eigenvalue weighted by atomic mass is 9.96. The topological polar surface area (TPSA) is 72.2 Å². The number of carbonyl (C=O) groups is 2. The van der Waals surface area contributed by atoms with Gasteiger partial charge in [0.1, 0.15) is 0 Å². The molecule has 0 aliphatic heterocycles. The third-order valence-corrected chi connectivity index (χ3v) is 3.33. The van der Waals surface area contributed by atoms with Gasteiger partial charge in [0.15, 0.2) is 5.78 Å². The molecular formula is C17H18N2O2. The Morgan fingerprint density at radius 3 is 2.19 bits per heavy atom. The van der Waals surface area contributed by atoms with Crippen LogP contribution in [-0.4, -0.2) is 11.7 Å². The molecule has 21 heavy (non-hydrogen) atoms. The standard InChI is InChI=1S/C17H18N2O2/c1-10-8-11(2)16(18)9-15(10)17(21)13-4-6-14(7-5-13)19-12(3)20/h4-9H,18H2,1-3H3,(H,19,20). The van der Waals surface area contributed by atoms with Crippen molar-refractivity contribution in [2.45, 2.75) is 20.8 Å². The number of aryl methyl sites for hydroxylation is 2. The minimum absolute atomic E-state index is 0.0754. The number of nitrogen functional groups attached to an aromatic ring is 1. The number of amides is 1. The number of hydrogen-bond donors (Lipinski definition) is 2. The number of rotatable bonds is 3. The molecule has 0 fully saturated rings. The van der Waals surface area contributed by atoms with E-state index in [4.69, 9.17) is 5.73 Å². The molecule has 0 spiro atoms. The number of ketones is 1. The molecule has 3 N–H and O–H groups in total. The Balaban J connectivity index is 2.32. The number of nitrogens with one attached hydrogen (secondary N) is 1. The average molecular weight is 282 g/mol. The van der Waals surface area contributed by atoms with Crippen molar-refractivity contribution in [1.29, 1.82) is 0 Å². The molecule has 2 aromatic carbocycles. The van der Waals surface area contributed by atoms with Crippen LogP contribution in [0.25, 0.3) is 0 Å². The lowest BCUT2D eigenvalue weighted by molar-refractivity contribution is -0.114. The Morgan fingerprint density at radius 1 is 1.00 bits per heavy atom. The quantitative estimate of drug-likeness (QED) is 0.671. The summed E-state index contributed by atoms with van der Waals surface area (Å²) in [7, 11) is 0. The van der Waals surface area contributed by atoms with Gasteiger partial charge in [0.05, 0.1) is 0 Å². The van der Waals surface area contributed by atoms with Crippen LogP contribution in [0.5, 0.6) is 0 Å². The Bertz CT molecular complexity index is 703. The largest absolute Gasteiger partial charge is 0.398 e. The summed E-state index contributed by atoms with van der Waals surface area (Å²) >= 11 is 0. The molecule has 4 heteroatoms. The van der Waals surface area contributed by atoms with Crippen molar-refractivity contribution in [2.24, 2.45) is 0 Å². The predicted octanol–water partition coefficient (Wildman–Crippen LogP) is 3.08. The predicted molar refractivity (Wildman–Crippen MR) is 84.5 cm³/mol. The van der Waals surface area contributed by atoms with E-state index >= 15 is 0 Å². The first-order chi connectivity index (χ1) is 9.88. The van der Waals surface area contributed by atoms with Crippen LogP contribution in [0.15, 0.2) is 36.4 Å². The molecule has 0 aliphatic carbocycles. The fraction of sp³-hybridized carbons (Fsp3) is 0.176. The van der Waals surface area contributed by atoms with Crippen LogP contribution in [0.2, 0.25) is 0 Å². The first-order valence-electron chi connectivity index (χ1n) is 6.67. The number of hydrogen-bond acceptors (Lipinski definition) is 3. The van der Waals surface area contributed by atoms with E-state index in [1.807, 2.05) is 19.9 Å². The fourth-order valence-electron chi connectivity index (χ4n) is 2.18. The van der Waals surface area contributed by atoms with Crippen molar-refractivity contribution in [1.82, 2.24) is 0 Å². The molecule has 0 aliphatic rings. The van der Waals surface area contributed by atoms with Crippen LogP contribution in [0, 0.1) is 13.8 Å². The van der Waals surface area contributed by atoms with Crippen LogP contribution < -0.4 is 11.1 Å². The first kappa shape index (κ1) is 14.8. The zero-order chi connectivity index (χ0) is 15.6. The maximum atomic E-state index is 12.5. The van der Waals surface area contributed by atoms with Crippen LogP contribution in [0.3, 0.4) is 0 Å². The number of carbonyl (C=O) groups excluding carboxylic acids is 2. The van der Waals surface area contributed by atoms with Gasteiger partial charge in [-0.05, 0) is 55.3 Å². The molecule has 2 aromatic rings. The average Bonchev–Trinajstić information content (AvgIpc) is 2.42. The van der Waals surface area contributed by atoms with Crippen molar-refractivity contribution in [2.75, 3.05) is 11.1 Å². The molecule has 108 valence electrons. The normalized spacial score (nSPS) is 10.2. The van der Waals surface area contributed by atoms with E-state index in [1.54, 1.807) is 30.3 Å². The highest BCUT2D eigenvalue weighted by atomic mass is 16.1. The van der Waals surface area contributed by atoms with Gasteiger partial charge in [-0.25, -0.2) is 0 Å². The van der Waals surface area contributed by atoms with E-state index in [0.29, 0.717) is 22.5 Å². The molecule has 0 unspecified atom stereocenters. The van der Waals surface area contributed by atoms with Crippen molar-refractivity contribution >= 4 is 23.1 Å². The second-order valence-electron chi connectivity index (χ2n) is 5.11. The van der Waals surface area contributed by atoms with Crippen LogP contribution in [0.4, 0.5) is 11.4 Å². The van der Waals surface area contributed by atoms with Gasteiger partial charge in [0.2, 0.25) is 5.91 Å². The van der Waals surface area contributed by atoms with Crippen LogP contribution in [0.1, 0.15) is 34.0 Å². The van der Waals surface area contributed by atoms with Gasteiger partial charge >= 0.3 is 0 Å². The molecule has 0 bridgehead atoms. The van der Waals surface area contributed by atoms with Crippen molar-refractivity contribution < 1.29 is 9.59 Å². The van der Waals surface area contributed by atoms with Crippen LogP contribution >= 0.6 is 0 Å². The Kier molecular flexibility index (Phi) is 4.08. The third kappa shape index (κ3) is 3.28. The molecule has 0 atom stereocenters. The molecule has 0 aromatic heterocycles. The monoisotopic (exact) mass is 282 g/mol. The minimum atomic E-state index is -0.142. The van der Waals surface area contributed by atoms with Gasteiger partial charge < -0.3 is 11.1 Å². The van der Waals surface area contributed by atoms with Gasteiger partial charge in [-0.1, -0.05) is 6.07 Å². The van der Waals surface area contributed by atoms with Crippen molar-refractivity contribution in [3.8, 4) is 0 Å². The van der Waals surface area contributed by atoms with Crippen molar-refractivity contribution in [3.05, 3.63) is 58.7 Å². The molecule has 2 rings (SSSR count).